The van der Waals surface area contributed by atoms with Gasteiger partial charge in [-0.3, -0.25) is 4.99 Å². The van der Waals surface area contributed by atoms with E-state index in [1.807, 2.05) is 12.3 Å². The zero-order chi connectivity index (χ0) is 3.54. The molecule has 1 rings (SSSR count). The molecule has 0 bridgehead atoms. The Bertz CT molecular complexity index is 65.6. The SMILES string of the molecule is C1=CN=CC1.[Y]. The minimum absolute atomic E-state index is 0. The van der Waals surface area contributed by atoms with Crippen molar-refractivity contribution in [2.75, 3.05) is 0 Å². The van der Waals surface area contributed by atoms with E-state index in [1.165, 1.54) is 0 Å². The van der Waals surface area contributed by atoms with Crippen LogP contribution in [-0.4, -0.2) is 6.21 Å². The maximum atomic E-state index is 3.78. The van der Waals surface area contributed by atoms with Gasteiger partial charge >= 0.3 is 0 Å². The molecule has 0 aromatic rings. The standard InChI is InChI=1S/C4H5N.Y/c1-2-4-5-3-1;/h1,3-4H,2H2;. The molecule has 6 heavy (non-hydrogen) atoms. The van der Waals surface area contributed by atoms with E-state index in [-0.39, 0.29) is 32.7 Å². The second-order valence-corrected chi connectivity index (χ2v) is 0.952. The summed E-state index contributed by atoms with van der Waals surface area (Å²) in [7, 11) is 0. The second-order valence-electron chi connectivity index (χ2n) is 0.952. The number of hydrogen-bond acceptors (Lipinski definition) is 1. The molecule has 2 heteroatoms. The molecule has 1 nitrogen and oxygen atoms in total. The number of hydrogen-bond donors (Lipinski definition) is 0. The Morgan fingerprint density at radius 3 is 2.50 bits per heavy atom. The third-order valence-electron chi connectivity index (χ3n) is 0.538. The Balaban J connectivity index is 0.000000250. The summed E-state index contributed by atoms with van der Waals surface area (Å²) in [4.78, 5) is 3.78. The van der Waals surface area contributed by atoms with Crippen molar-refractivity contribution >= 4 is 6.21 Å². The van der Waals surface area contributed by atoms with Gasteiger partial charge in [0.25, 0.3) is 0 Å². The number of rotatable bonds is 0. The van der Waals surface area contributed by atoms with Crippen LogP contribution in [0.1, 0.15) is 6.42 Å². The van der Waals surface area contributed by atoms with E-state index < -0.39 is 0 Å². The van der Waals surface area contributed by atoms with Crippen molar-refractivity contribution in [1.29, 1.82) is 0 Å². The number of nitrogens with zero attached hydrogens (tertiary/aromatic N) is 1. The summed E-state index contributed by atoms with van der Waals surface area (Å²) >= 11 is 0. The Morgan fingerprint density at radius 1 is 1.50 bits per heavy atom. The fourth-order valence-corrected chi connectivity index (χ4v) is 0.304. The van der Waals surface area contributed by atoms with Crippen LogP contribution in [0.4, 0.5) is 0 Å². The zero-order valence-electron chi connectivity index (χ0n) is 3.46. The van der Waals surface area contributed by atoms with E-state index >= 15 is 0 Å². The van der Waals surface area contributed by atoms with E-state index in [4.69, 9.17) is 0 Å². The van der Waals surface area contributed by atoms with E-state index in [1.54, 1.807) is 6.20 Å². The first kappa shape index (κ1) is 6.51. The van der Waals surface area contributed by atoms with Crippen molar-refractivity contribution in [2.45, 2.75) is 6.42 Å². The Morgan fingerprint density at radius 2 is 2.33 bits per heavy atom. The molecule has 1 aliphatic heterocycles. The molecule has 1 radical (unpaired) electrons. The average Bonchev–Trinajstić information content (AvgIpc) is 1.76. The molecule has 0 saturated heterocycles. The first-order chi connectivity index (χ1) is 2.50. The predicted molar refractivity (Wildman–Crippen MR) is 22.2 cm³/mol. The molecule has 0 N–H and O–H groups in total. The molecule has 0 unspecified atom stereocenters. The Kier molecular flexibility index (Phi) is 4.01. The maximum Gasteiger partial charge on any atom is 0.0227 e. The molecule has 0 aromatic carbocycles. The predicted octanol–water partition coefficient (Wildman–Crippen LogP) is 0.972. The quantitative estimate of drug-likeness (QED) is 0.495. The van der Waals surface area contributed by atoms with Crippen molar-refractivity contribution < 1.29 is 32.7 Å². The van der Waals surface area contributed by atoms with Crippen LogP contribution < -0.4 is 0 Å². The van der Waals surface area contributed by atoms with E-state index in [0.29, 0.717) is 0 Å². The Hall–Kier alpha value is 0.514. The molecule has 1 aliphatic rings. The topological polar surface area (TPSA) is 12.4 Å². The normalized spacial score (nSPS) is 14.7. The average molecular weight is 156 g/mol. The van der Waals surface area contributed by atoms with Crippen LogP contribution in [0.3, 0.4) is 0 Å². The molecule has 29 valence electrons. The van der Waals surface area contributed by atoms with Gasteiger partial charge in [-0.25, -0.2) is 0 Å². The van der Waals surface area contributed by atoms with Crippen LogP contribution in [0.5, 0.6) is 0 Å². The van der Waals surface area contributed by atoms with Gasteiger partial charge < -0.3 is 0 Å². The third kappa shape index (κ3) is 1.83. The van der Waals surface area contributed by atoms with Gasteiger partial charge in [0.05, 0.1) is 0 Å². The first-order valence-corrected chi connectivity index (χ1v) is 1.67. The molecule has 0 aromatic heterocycles. The van der Waals surface area contributed by atoms with Gasteiger partial charge in [0.1, 0.15) is 0 Å². The molecule has 0 aliphatic carbocycles. The first-order valence-electron chi connectivity index (χ1n) is 1.67. The molecule has 0 amide bonds. The van der Waals surface area contributed by atoms with Crippen LogP contribution in [0.15, 0.2) is 17.3 Å². The Labute approximate surface area is 62.4 Å². The van der Waals surface area contributed by atoms with Crippen LogP contribution in [0, 0.1) is 0 Å². The van der Waals surface area contributed by atoms with Crippen molar-refractivity contribution in [3.8, 4) is 0 Å². The van der Waals surface area contributed by atoms with Crippen LogP contribution in [0.25, 0.3) is 0 Å². The van der Waals surface area contributed by atoms with Gasteiger partial charge in [-0.2, -0.15) is 0 Å². The summed E-state index contributed by atoms with van der Waals surface area (Å²) in [6, 6.07) is 0. The molecular weight excluding hydrogens is 151 g/mol. The van der Waals surface area contributed by atoms with Crippen molar-refractivity contribution in [1.82, 2.24) is 0 Å². The molecule has 0 atom stereocenters. The summed E-state index contributed by atoms with van der Waals surface area (Å²) in [6.45, 7) is 0. The van der Waals surface area contributed by atoms with Crippen molar-refractivity contribution in [3.05, 3.63) is 12.3 Å². The van der Waals surface area contributed by atoms with Crippen LogP contribution in [0.2, 0.25) is 0 Å². The van der Waals surface area contributed by atoms with Gasteiger partial charge in [-0.15, -0.1) is 0 Å². The molecule has 0 spiro atoms. The second kappa shape index (κ2) is 3.70. The van der Waals surface area contributed by atoms with E-state index in [9.17, 15) is 0 Å². The fraction of sp³-hybridized carbons (Fsp3) is 0.250. The molecule has 0 fully saturated rings. The van der Waals surface area contributed by atoms with Crippen LogP contribution >= 0.6 is 0 Å². The molecule has 0 saturated carbocycles. The number of allylic oxidation sites excluding steroid dienone is 1. The van der Waals surface area contributed by atoms with Crippen molar-refractivity contribution in [2.24, 2.45) is 4.99 Å². The minimum Gasteiger partial charge on any atom is -0.269 e. The van der Waals surface area contributed by atoms with E-state index in [0.717, 1.165) is 6.42 Å². The van der Waals surface area contributed by atoms with Gasteiger partial charge in [-0.1, -0.05) is 6.08 Å². The van der Waals surface area contributed by atoms with Gasteiger partial charge in [0.2, 0.25) is 0 Å². The summed E-state index contributed by atoms with van der Waals surface area (Å²) in [5.41, 5.74) is 0. The fourth-order valence-electron chi connectivity index (χ4n) is 0.304. The number of aliphatic imine (C=N–C) groups is 1. The largest absolute Gasteiger partial charge is 0.269 e. The summed E-state index contributed by atoms with van der Waals surface area (Å²) < 4.78 is 0. The molecular formula is C4H5NY. The third-order valence-corrected chi connectivity index (χ3v) is 0.538. The molecule has 1 heterocycles. The monoisotopic (exact) mass is 156 g/mol. The van der Waals surface area contributed by atoms with Gasteiger partial charge in [0.15, 0.2) is 0 Å². The van der Waals surface area contributed by atoms with Gasteiger partial charge in [0, 0.05) is 51.5 Å². The summed E-state index contributed by atoms with van der Waals surface area (Å²) in [5.74, 6) is 0. The van der Waals surface area contributed by atoms with Crippen molar-refractivity contribution in [3.63, 3.8) is 0 Å². The maximum absolute atomic E-state index is 3.78. The minimum atomic E-state index is 0. The summed E-state index contributed by atoms with van der Waals surface area (Å²) in [6.07, 6.45) is 6.72. The van der Waals surface area contributed by atoms with Crippen LogP contribution in [-0.2, 0) is 32.7 Å². The van der Waals surface area contributed by atoms with Gasteiger partial charge in [-0.05, 0) is 0 Å². The zero-order valence-corrected chi connectivity index (χ0v) is 6.30. The van der Waals surface area contributed by atoms with E-state index in [2.05, 4.69) is 4.99 Å². The summed E-state index contributed by atoms with van der Waals surface area (Å²) in [5, 5.41) is 0. The smallest absolute Gasteiger partial charge is 0.0227 e.